The molecule has 0 radical (unpaired) electrons. The minimum atomic E-state index is -0.426. The maximum absolute atomic E-state index is 13.4. The van der Waals surface area contributed by atoms with Crippen molar-refractivity contribution in [3.63, 3.8) is 0 Å². The Morgan fingerprint density at radius 2 is 1.52 bits per heavy atom. The normalized spacial score (nSPS) is 13.0. The van der Waals surface area contributed by atoms with E-state index >= 15 is 0 Å². The number of carbonyl (C=O) groups excluding carboxylic acids is 2. The number of pyridine rings is 1. The fourth-order valence-corrected chi connectivity index (χ4v) is 3.85. The van der Waals surface area contributed by atoms with E-state index in [2.05, 4.69) is 4.98 Å². The van der Waals surface area contributed by atoms with E-state index in [4.69, 9.17) is 18.9 Å². The quantitative estimate of drug-likeness (QED) is 0.541. The van der Waals surface area contributed by atoms with Crippen molar-refractivity contribution in [1.29, 1.82) is 0 Å². The molecule has 2 aromatic carbocycles. The summed E-state index contributed by atoms with van der Waals surface area (Å²) in [7, 11) is 6.07. The number of benzene rings is 2. The largest absolute Gasteiger partial charge is 0.496 e. The van der Waals surface area contributed by atoms with Crippen molar-refractivity contribution in [2.45, 2.75) is 13.2 Å². The Bertz CT molecular complexity index is 1170. The maximum atomic E-state index is 13.4. The maximum Gasteiger partial charge on any atom is 0.263 e. The highest BCUT2D eigenvalue weighted by molar-refractivity contribution is 6.26. The zero-order chi connectivity index (χ0) is 22.1. The van der Waals surface area contributed by atoms with Crippen LogP contribution < -0.4 is 14.2 Å². The number of rotatable bonds is 7. The van der Waals surface area contributed by atoms with Gasteiger partial charge in [-0.25, -0.2) is 4.98 Å². The van der Waals surface area contributed by atoms with Crippen LogP contribution in [-0.2, 0) is 17.9 Å². The molecule has 3 aromatic rings. The fourth-order valence-electron chi connectivity index (χ4n) is 3.85. The van der Waals surface area contributed by atoms with Crippen LogP contribution in [0.4, 0.5) is 0 Å². The van der Waals surface area contributed by atoms with Gasteiger partial charge < -0.3 is 18.9 Å². The molecule has 0 bridgehead atoms. The van der Waals surface area contributed by atoms with E-state index in [1.165, 1.54) is 33.3 Å². The first-order chi connectivity index (χ1) is 15.0. The Kier molecular flexibility index (Phi) is 5.48. The van der Waals surface area contributed by atoms with E-state index in [0.29, 0.717) is 45.0 Å². The van der Waals surface area contributed by atoms with Gasteiger partial charge in [0.25, 0.3) is 11.8 Å². The molecule has 0 spiro atoms. The molecule has 0 fully saturated rings. The lowest BCUT2D eigenvalue weighted by Crippen LogP contribution is -2.29. The smallest absolute Gasteiger partial charge is 0.263 e. The minimum absolute atomic E-state index is 0.0244. The lowest BCUT2D eigenvalue weighted by molar-refractivity contribution is 0.0639. The van der Waals surface area contributed by atoms with Crippen LogP contribution in [0.15, 0.2) is 36.4 Å². The second kappa shape index (κ2) is 8.23. The van der Waals surface area contributed by atoms with Gasteiger partial charge in [0.15, 0.2) is 0 Å². The summed E-state index contributed by atoms with van der Waals surface area (Å²) in [6, 6.07) is 10.6. The number of methoxy groups -OCH3 is 4. The molecule has 2 heterocycles. The number of para-hydroxylation sites is 1. The van der Waals surface area contributed by atoms with Crippen LogP contribution in [0.1, 0.15) is 32.0 Å². The van der Waals surface area contributed by atoms with Gasteiger partial charge >= 0.3 is 0 Å². The molecule has 1 aliphatic rings. The summed E-state index contributed by atoms with van der Waals surface area (Å²) in [4.78, 5) is 32.6. The van der Waals surface area contributed by atoms with Gasteiger partial charge in [-0.15, -0.1) is 0 Å². The van der Waals surface area contributed by atoms with Crippen molar-refractivity contribution in [3.05, 3.63) is 58.8 Å². The van der Waals surface area contributed by atoms with Gasteiger partial charge in [-0.05, 0) is 6.07 Å². The Morgan fingerprint density at radius 1 is 0.871 bits per heavy atom. The van der Waals surface area contributed by atoms with E-state index in [1.807, 2.05) is 18.2 Å². The average molecular weight is 422 g/mol. The number of hydrogen-bond acceptors (Lipinski definition) is 7. The van der Waals surface area contributed by atoms with Gasteiger partial charge in [0.05, 0.1) is 62.4 Å². The first kappa shape index (κ1) is 20.6. The number of imide groups is 1. The van der Waals surface area contributed by atoms with Gasteiger partial charge in [-0.3, -0.25) is 14.5 Å². The van der Waals surface area contributed by atoms with Crippen molar-refractivity contribution in [1.82, 2.24) is 9.88 Å². The number of ether oxygens (including phenoxy) is 4. The number of carbonyl (C=O) groups is 2. The number of fused-ring (bicyclic) bond motifs is 3. The predicted molar refractivity (Wildman–Crippen MR) is 113 cm³/mol. The molecule has 8 nitrogen and oxygen atoms in total. The topological polar surface area (TPSA) is 87.2 Å². The number of nitrogens with zero attached hydrogens (tertiary/aromatic N) is 2. The number of hydrogen-bond donors (Lipinski definition) is 0. The first-order valence-corrected chi connectivity index (χ1v) is 9.59. The highest BCUT2D eigenvalue weighted by Gasteiger charge is 2.40. The van der Waals surface area contributed by atoms with E-state index in [9.17, 15) is 9.59 Å². The summed E-state index contributed by atoms with van der Waals surface area (Å²) in [6.45, 7) is 0.0959. The summed E-state index contributed by atoms with van der Waals surface area (Å²) < 4.78 is 21.5. The SMILES string of the molecule is COCc1nc2ccccc2c2c1C(=O)N(Cc1c(OC)cc(OC)cc1OC)C2=O. The molecule has 0 N–H and O–H groups in total. The standard InChI is InChI=1S/C23H22N2O6/c1-28-12-17-21-20(14-7-5-6-8-16(14)24-17)22(26)25(23(21)27)11-15-18(30-3)9-13(29-2)10-19(15)31-4/h5-10H,11-12H2,1-4H3. The summed E-state index contributed by atoms with van der Waals surface area (Å²) in [5.74, 6) is 0.624. The van der Waals surface area contributed by atoms with E-state index < -0.39 is 11.8 Å². The van der Waals surface area contributed by atoms with Crippen molar-refractivity contribution in [3.8, 4) is 17.2 Å². The van der Waals surface area contributed by atoms with Crippen LogP contribution in [0.2, 0.25) is 0 Å². The molecule has 1 aromatic heterocycles. The third-order valence-corrected chi connectivity index (χ3v) is 5.30. The molecule has 31 heavy (non-hydrogen) atoms. The van der Waals surface area contributed by atoms with E-state index in [-0.39, 0.29) is 18.7 Å². The second-order valence-electron chi connectivity index (χ2n) is 6.97. The molecule has 160 valence electrons. The molecule has 1 aliphatic heterocycles. The Labute approximate surface area is 179 Å². The van der Waals surface area contributed by atoms with Crippen molar-refractivity contribution in [2.24, 2.45) is 0 Å². The summed E-state index contributed by atoms with van der Waals surface area (Å²) in [6.07, 6.45) is 0. The van der Waals surface area contributed by atoms with Gasteiger partial charge in [0, 0.05) is 24.6 Å². The third-order valence-electron chi connectivity index (χ3n) is 5.30. The monoisotopic (exact) mass is 422 g/mol. The van der Waals surface area contributed by atoms with E-state index in [0.717, 1.165) is 0 Å². The zero-order valence-corrected chi connectivity index (χ0v) is 17.7. The second-order valence-corrected chi connectivity index (χ2v) is 6.97. The lowest BCUT2D eigenvalue weighted by atomic mass is 10.0. The molecule has 0 saturated heterocycles. The molecule has 0 unspecified atom stereocenters. The molecule has 8 heteroatoms. The Morgan fingerprint density at radius 3 is 2.13 bits per heavy atom. The van der Waals surface area contributed by atoms with Crippen molar-refractivity contribution >= 4 is 22.7 Å². The fraction of sp³-hybridized carbons (Fsp3) is 0.261. The molecule has 0 saturated carbocycles. The summed E-state index contributed by atoms with van der Waals surface area (Å²) >= 11 is 0. The number of amides is 2. The Balaban J connectivity index is 1.84. The highest BCUT2D eigenvalue weighted by Crippen LogP contribution is 2.38. The molecule has 0 atom stereocenters. The molecule has 2 amide bonds. The van der Waals surface area contributed by atoms with Crippen molar-refractivity contribution < 1.29 is 28.5 Å². The molecular formula is C23H22N2O6. The predicted octanol–water partition coefficient (Wildman–Crippen LogP) is 3.20. The minimum Gasteiger partial charge on any atom is -0.496 e. The highest BCUT2D eigenvalue weighted by atomic mass is 16.5. The molecule has 4 rings (SSSR count). The van der Waals surface area contributed by atoms with Crippen LogP contribution in [0.25, 0.3) is 10.9 Å². The molecular weight excluding hydrogens is 400 g/mol. The third kappa shape index (κ3) is 3.34. The summed E-state index contributed by atoms with van der Waals surface area (Å²) in [5, 5.41) is 0.631. The van der Waals surface area contributed by atoms with Crippen LogP contribution >= 0.6 is 0 Å². The van der Waals surface area contributed by atoms with E-state index in [1.54, 1.807) is 18.2 Å². The van der Waals surface area contributed by atoms with Gasteiger partial charge in [0.1, 0.15) is 17.2 Å². The number of aromatic nitrogens is 1. The van der Waals surface area contributed by atoms with Crippen LogP contribution in [-0.4, -0.2) is 50.1 Å². The Hall–Kier alpha value is -3.65. The van der Waals surface area contributed by atoms with Gasteiger partial charge in [-0.1, -0.05) is 18.2 Å². The van der Waals surface area contributed by atoms with Crippen molar-refractivity contribution in [2.75, 3.05) is 28.4 Å². The summed E-state index contributed by atoms with van der Waals surface area (Å²) in [5.41, 5.74) is 2.25. The van der Waals surface area contributed by atoms with Gasteiger partial charge in [0.2, 0.25) is 0 Å². The van der Waals surface area contributed by atoms with Crippen LogP contribution in [0.5, 0.6) is 17.2 Å². The van der Waals surface area contributed by atoms with Crippen LogP contribution in [0.3, 0.4) is 0 Å². The lowest BCUT2D eigenvalue weighted by Gasteiger charge is -2.19. The first-order valence-electron chi connectivity index (χ1n) is 9.59. The van der Waals surface area contributed by atoms with Gasteiger partial charge in [-0.2, -0.15) is 0 Å². The molecule has 0 aliphatic carbocycles. The van der Waals surface area contributed by atoms with Crippen LogP contribution in [0, 0.1) is 0 Å². The zero-order valence-electron chi connectivity index (χ0n) is 17.7. The average Bonchev–Trinajstić information content (AvgIpc) is 3.04.